The van der Waals surface area contributed by atoms with Gasteiger partial charge in [0.1, 0.15) is 23.1 Å². The minimum atomic E-state index is -0.421. The molecule has 6 aromatic rings. The Balaban J connectivity index is 0.000000218. The third kappa shape index (κ3) is 9.13. The molecule has 0 bridgehead atoms. The Morgan fingerprint density at radius 2 is 1.02 bits per heavy atom. The van der Waals surface area contributed by atoms with E-state index in [1.165, 1.54) is 71.9 Å². The Kier molecular flexibility index (Phi) is 13.8. The van der Waals surface area contributed by atoms with Gasteiger partial charge >= 0.3 is 0 Å². The summed E-state index contributed by atoms with van der Waals surface area (Å²) in [4.78, 5) is 50.9. The van der Waals surface area contributed by atoms with Gasteiger partial charge in [0.25, 0.3) is 11.8 Å². The summed E-state index contributed by atoms with van der Waals surface area (Å²) in [7, 11) is 3.01. The number of halogens is 4. The van der Waals surface area contributed by atoms with Gasteiger partial charge in [0.2, 0.25) is 11.8 Å². The van der Waals surface area contributed by atoms with E-state index in [9.17, 15) is 28.0 Å². The predicted octanol–water partition coefficient (Wildman–Crippen LogP) is 8.63. The standard InChI is InChI=1S/C22H22ClFN2O3.C21H20ClFN2O3/c1-4-9-25-21(27)11-16-13(2)26(22(28)14-5-7-15(24)8-6-14)19-12-18(23)20(29-3)10-17(16)19;1-4-24-20(26)10-15-12(2)25(21(27)13-5-7-14(23)8-6-13)18-11-17(22)19(28-3)9-16(15)18/h5-8,10,12H,4,9,11H2,1-3H3,(H,25,27);5-9,11H,4,10H2,1-3H3,(H,24,26). The lowest BCUT2D eigenvalue weighted by Crippen LogP contribution is -2.26. The lowest BCUT2D eigenvalue weighted by molar-refractivity contribution is -0.121. The molecule has 0 atom stereocenters. The number of amides is 2. The van der Waals surface area contributed by atoms with Crippen LogP contribution in [0.4, 0.5) is 8.78 Å². The van der Waals surface area contributed by atoms with Crippen LogP contribution < -0.4 is 20.1 Å². The maximum atomic E-state index is 13.3. The number of carbonyl (C=O) groups is 4. The molecule has 0 aliphatic rings. The molecule has 2 N–H and O–H groups in total. The van der Waals surface area contributed by atoms with Crippen LogP contribution in [0.25, 0.3) is 21.8 Å². The van der Waals surface area contributed by atoms with Gasteiger partial charge in [-0.25, -0.2) is 8.78 Å². The molecule has 0 fully saturated rings. The van der Waals surface area contributed by atoms with Crippen LogP contribution >= 0.6 is 23.2 Å². The quantitative estimate of drug-likeness (QED) is 0.135. The normalized spacial score (nSPS) is 10.9. The van der Waals surface area contributed by atoms with Gasteiger partial charge in [-0.2, -0.15) is 0 Å². The number of hydrogen-bond acceptors (Lipinski definition) is 6. The Morgan fingerprint density at radius 1 is 0.632 bits per heavy atom. The number of nitrogens with one attached hydrogen (secondary N) is 2. The number of carbonyl (C=O) groups excluding carboxylic acids is 4. The number of methoxy groups -OCH3 is 2. The number of benzene rings is 4. The number of nitrogens with zero attached hydrogens (tertiary/aromatic N) is 2. The van der Waals surface area contributed by atoms with E-state index in [1.807, 2.05) is 13.8 Å². The lowest BCUT2D eigenvalue weighted by Gasteiger charge is -2.09. The van der Waals surface area contributed by atoms with E-state index in [1.54, 1.807) is 38.1 Å². The van der Waals surface area contributed by atoms with Crippen molar-refractivity contribution < 1.29 is 37.4 Å². The minimum absolute atomic E-state index is 0.116. The van der Waals surface area contributed by atoms with Crippen molar-refractivity contribution >= 4 is 68.6 Å². The highest BCUT2D eigenvalue weighted by atomic mass is 35.5. The van der Waals surface area contributed by atoms with Crippen molar-refractivity contribution in [2.24, 2.45) is 0 Å². The molecule has 0 saturated heterocycles. The van der Waals surface area contributed by atoms with Gasteiger partial charge in [0.15, 0.2) is 0 Å². The van der Waals surface area contributed by atoms with Crippen molar-refractivity contribution in [3.8, 4) is 11.5 Å². The fourth-order valence-corrected chi connectivity index (χ4v) is 7.06. The molecule has 6 rings (SSSR count). The molecule has 0 aliphatic carbocycles. The second kappa shape index (κ2) is 18.5. The van der Waals surface area contributed by atoms with Gasteiger partial charge in [0.05, 0.1) is 48.1 Å². The molecule has 0 unspecified atom stereocenters. The maximum absolute atomic E-state index is 13.3. The molecule has 0 radical (unpaired) electrons. The molecule has 2 aromatic heterocycles. The van der Waals surface area contributed by atoms with Gasteiger partial charge in [0, 0.05) is 46.4 Å². The number of hydrogen-bond donors (Lipinski definition) is 2. The molecule has 57 heavy (non-hydrogen) atoms. The van der Waals surface area contributed by atoms with Crippen LogP contribution in [0.15, 0.2) is 72.8 Å². The Bertz CT molecular complexity index is 2480. The van der Waals surface area contributed by atoms with Crippen LogP contribution in [0.2, 0.25) is 10.0 Å². The minimum Gasteiger partial charge on any atom is -0.495 e. The first-order valence-corrected chi connectivity index (χ1v) is 18.9. The molecule has 298 valence electrons. The number of aromatic nitrogens is 2. The van der Waals surface area contributed by atoms with E-state index in [-0.39, 0.29) is 36.5 Å². The van der Waals surface area contributed by atoms with Crippen molar-refractivity contribution in [2.45, 2.75) is 47.0 Å². The molecule has 14 heteroatoms. The summed E-state index contributed by atoms with van der Waals surface area (Å²) in [6.07, 6.45) is 1.07. The van der Waals surface area contributed by atoms with Gasteiger partial charge in [-0.15, -0.1) is 0 Å². The summed E-state index contributed by atoms with van der Waals surface area (Å²) in [5, 5.41) is 7.76. The van der Waals surface area contributed by atoms with Crippen LogP contribution in [0.5, 0.6) is 11.5 Å². The third-order valence-corrected chi connectivity index (χ3v) is 10.0. The van der Waals surface area contributed by atoms with Crippen LogP contribution in [0, 0.1) is 25.5 Å². The smallest absolute Gasteiger partial charge is 0.262 e. The Labute approximate surface area is 338 Å². The van der Waals surface area contributed by atoms with Gasteiger partial charge < -0.3 is 20.1 Å². The van der Waals surface area contributed by atoms with Crippen molar-refractivity contribution in [3.05, 3.63) is 128 Å². The predicted molar refractivity (Wildman–Crippen MR) is 218 cm³/mol. The van der Waals surface area contributed by atoms with E-state index in [2.05, 4.69) is 10.6 Å². The van der Waals surface area contributed by atoms with Crippen molar-refractivity contribution in [1.82, 2.24) is 19.8 Å². The fourth-order valence-electron chi connectivity index (χ4n) is 6.59. The Morgan fingerprint density at radius 3 is 1.37 bits per heavy atom. The van der Waals surface area contributed by atoms with Crippen LogP contribution in [-0.4, -0.2) is 60.1 Å². The molecule has 2 amide bonds. The van der Waals surface area contributed by atoms with Crippen molar-refractivity contribution in [3.63, 3.8) is 0 Å². The van der Waals surface area contributed by atoms with Gasteiger partial charge in [-0.3, -0.25) is 28.3 Å². The Hall–Kier alpha value is -5.72. The SMILES string of the molecule is CCCNC(=O)Cc1c(C)n(C(=O)c2ccc(F)cc2)c2cc(Cl)c(OC)cc12.CCNC(=O)Cc1c(C)n(C(=O)c2ccc(F)cc2)c2cc(Cl)c(OC)cc12. The number of ether oxygens (including phenoxy) is 2. The van der Waals surface area contributed by atoms with Gasteiger partial charge in [-0.1, -0.05) is 30.1 Å². The summed E-state index contributed by atoms with van der Waals surface area (Å²) < 4.78 is 40.2. The zero-order chi connectivity index (χ0) is 41.6. The van der Waals surface area contributed by atoms with E-state index in [4.69, 9.17) is 32.7 Å². The second-order valence-electron chi connectivity index (χ2n) is 13.1. The first-order valence-electron chi connectivity index (χ1n) is 18.1. The molecule has 0 spiro atoms. The van der Waals surface area contributed by atoms with Crippen molar-refractivity contribution in [2.75, 3.05) is 27.3 Å². The first-order chi connectivity index (χ1) is 27.2. The average molecular weight is 820 g/mol. The monoisotopic (exact) mass is 818 g/mol. The second-order valence-corrected chi connectivity index (χ2v) is 13.9. The number of rotatable bonds is 11. The van der Waals surface area contributed by atoms with E-state index >= 15 is 0 Å². The molecular weight excluding hydrogens is 777 g/mol. The maximum Gasteiger partial charge on any atom is 0.262 e. The molecule has 0 saturated carbocycles. The van der Waals surface area contributed by atoms with Crippen LogP contribution in [0.1, 0.15) is 63.5 Å². The number of fused-ring (bicyclic) bond motifs is 2. The van der Waals surface area contributed by atoms with E-state index in [0.29, 0.717) is 84.5 Å². The molecule has 2 heterocycles. The van der Waals surface area contributed by atoms with Gasteiger partial charge in [-0.05, 0) is 111 Å². The largest absolute Gasteiger partial charge is 0.495 e. The highest BCUT2D eigenvalue weighted by molar-refractivity contribution is 6.33. The third-order valence-electron chi connectivity index (χ3n) is 9.43. The summed E-state index contributed by atoms with van der Waals surface area (Å²) in [6, 6.07) is 17.4. The zero-order valence-electron chi connectivity index (χ0n) is 32.3. The van der Waals surface area contributed by atoms with E-state index < -0.39 is 11.6 Å². The molecule has 0 aliphatic heterocycles. The van der Waals surface area contributed by atoms with Crippen LogP contribution in [-0.2, 0) is 22.4 Å². The topological polar surface area (TPSA) is 121 Å². The molecular formula is C43H42Cl2F2N4O6. The highest BCUT2D eigenvalue weighted by Crippen LogP contribution is 2.37. The first kappa shape index (κ1) is 42.4. The summed E-state index contributed by atoms with van der Waals surface area (Å²) in [5.74, 6) is -0.852. The lowest BCUT2D eigenvalue weighted by atomic mass is 10.1. The van der Waals surface area contributed by atoms with Crippen LogP contribution in [0.3, 0.4) is 0 Å². The highest BCUT2D eigenvalue weighted by Gasteiger charge is 2.25. The molecule has 10 nitrogen and oxygen atoms in total. The zero-order valence-corrected chi connectivity index (χ0v) is 33.8. The average Bonchev–Trinajstić information content (AvgIpc) is 3.60. The van der Waals surface area contributed by atoms with Crippen molar-refractivity contribution in [1.29, 1.82) is 0 Å². The van der Waals surface area contributed by atoms with E-state index in [0.717, 1.165) is 12.0 Å². The summed E-state index contributed by atoms with van der Waals surface area (Å²) >= 11 is 12.6. The fraction of sp³-hybridized carbons (Fsp3) is 0.256. The summed E-state index contributed by atoms with van der Waals surface area (Å²) in [5.41, 5.74) is 4.49. The number of likely N-dealkylation sites (N-methyl/N-ethyl adjacent to an activating group) is 1. The summed E-state index contributed by atoms with van der Waals surface area (Å²) in [6.45, 7) is 8.47. The molecule has 4 aromatic carbocycles.